The number of rotatable bonds is 3. The minimum absolute atomic E-state index is 0.431. The maximum atomic E-state index is 9.85. The van der Waals surface area contributed by atoms with Gasteiger partial charge in [-0.05, 0) is 18.4 Å². The zero-order valence-corrected chi connectivity index (χ0v) is 9.81. The third kappa shape index (κ3) is 2.88. The summed E-state index contributed by atoms with van der Waals surface area (Å²) in [6.45, 7) is 4.11. The van der Waals surface area contributed by atoms with Crippen LogP contribution in [0.15, 0.2) is 18.2 Å². The van der Waals surface area contributed by atoms with Crippen LogP contribution in [0.2, 0.25) is 10.0 Å². The molecule has 1 atom stereocenters. The van der Waals surface area contributed by atoms with Gasteiger partial charge in [0.05, 0.1) is 16.1 Å². The highest BCUT2D eigenvalue weighted by atomic mass is 35.5. The zero-order valence-electron chi connectivity index (χ0n) is 8.30. The van der Waals surface area contributed by atoms with Crippen molar-refractivity contribution in [2.45, 2.75) is 26.4 Å². The van der Waals surface area contributed by atoms with Crippen LogP contribution in [0.4, 0.5) is 0 Å². The fourth-order valence-corrected chi connectivity index (χ4v) is 1.79. The van der Waals surface area contributed by atoms with E-state index < -0.39 is 6.10 Å². The number of hydrogen-bond acceptors (Lipinski definition) is 1. The normalized spacial score (nSPS) is 13.3. The van der Waals surface area contributed by atoms with E-state index in [0.29, 0.717) is 27.9 Å². The van der Waals surface area contributed by atoms with E-state index >= 15 is 0 Å². The highest BCUT2D eigenvalue weighted by Crippen LogP contribution is 2.32. The van der Waals surface area contributed by atoms with Crippen molar-refractivity contribution in [2.75, 3.05) is 0 Å². The lowest BCUT2D eigenvalue weighted by molar-refractivity contribution is 0.151. The van der Waals surface area contributed by atoms with Crippen LogP contribution in [0, 0.1) is 5.92 Å². The average Bonchev–Trinajstić information content (AvgIpc) is 2.08. The Morgan fingerprint density at radius 2 is 1.93 bits per heavy atom. The van der Waals surface area contributed by atoms with Crippen molar-refractivity contribution < 1.29 is 5.11 Å². The SMILES string of the molecule is CC(C)CC(O)c1cccc(Cl)c1Cl. The minimum Gasteiger partial charge on any atom is -0.388 e. The molecular weight excluding hydrogens is 219 g/mol. The molecule has 0 aromatic heterocycles. The van der Waals surface area contributed by atoms with Gasteiger partial charge in [0.15, 0.2) is 0 Å². The zero-order chi connectivity index (χ0) is 10.7. The van der Waals surface area contributed by atoms with Crippen LogP contribution in [0.1, 0.15) is 31.9 Å². The van der Waals surface area contributed by atoms with Gasteiger partial charge in [-0.1, -0.05) is 49.2 Å². The Morgan fingerprint density at radius 3 is 2.50 bits per heavy atom. The van der Waals surface area contributed by atoms with Crippen LogP contribution in [0.3, 0.4) is 0 Å². The second kappa shape index (κ2) is 5.01. The molecule has 0 aliphatic rings. The monoisotopic (exact) mass is 232 g/mol. The van der Waals surface area contributed by atoms with Crippen molar-refractivity contribution in [1.29, 1.82) is 0 Å². The second-order valence-electron chi connectivity index (χ2n) is 3.79. The molecule has 1 rings (SSSR count). The van der Waals surface area contributed by atoms with Crippen molar-refractivity contribution in [3.63, 3.8) is 0 Å². The lowest BCUT2D eigenvalue weighted by Crippen LogP contribution is -2.02. The van der Waals surface area contributed by atoms with Gasteiger partial charge in [-0.15, -0.1) is 0 Å². The fourth-order valence-electron chi connectivity index (χ4n) is 1.35. The average molecular weight is 233 g/mol. The third-order valence-corrected chi connectivity index (χ3v) is 2.87. The Bertz CT molecular complexity index is 310. The number of halogens is 2. The van der Waals surface area contributed by atoms with E-state index in [9.17, 15) is 5.11 Å². The van der Waals surface area contributed by atoms with E-state index in [1.165, 1.54) is 0 Å². The van der Waals surface area contributed by atoms with E-state index in [1.54, 1.807) is 18.2 Å². The smallest absolute Gasteiger partial charge is 0.0807 e. The van der Waals surface area contributed by atoms with Gasteiger partial charge in [0, 0.05) is 5.56 Å². The molecule has 78 valence electrons. The first-order valence-corrected chi connectivity index (χ1v) is 5.40. The maximum Gasteiger partial charge on any atom is 0.0807 e. The number of hydrogen-bond donors (Lipinski definition) is 1. The molecule has 0 aliphatic carbocycles. The number of aliphatic hydroxyl groups is 1. The molecule has 14 heavy (non-hydrogen) atoms. The summed E-state index contributed by atoms with van der Waals surface area (Å²) in [5.74, 6) is 0.431. The molecule has 0 radical (unpaired) electrons. The van der Waals surface area contributed by atoms with Gasteiger partial charge in [0.25, 0.3) is 0 Å². The predicted octanol–water partition coefficient (Wildman–Crippen LogP) is 4.07. The highest BCUT2D eigenvalue weighted by molar-refractivity contribution is 6.42. The van der Waals surface area contributed by atoms with Gasteiger partial charge in [-0.2, -0.15) is 0 Å². The molecule has 0 aliphatic heterocycles. The summed E-state index contributed by atoms with van der Waals surface area (Å²) in [4.78, 5) is 0. The molecule has 0 saturated carbocycles. The summed E-state index contributed by atoms with van der Waals surface area (Å²) in [7, 11) is 0. The Morgan fingerprint density at radius 1 is 1.29 bits per heavy atom. The first-order valence-electron chi connectivity index (χ1n) is 4.64. The van der Waals surface area contributed by atoms with Crippen molar-refractivity contribution in [1.82, 2.24) is 0 Å². The summed E-state index contributed by atoms with van der Waals surface area (Å²) in [5.41, 5.74) is 0.716. The highest BCUT2D eigenvalue weighted by Gasteiger charge is 2.14. The Balaban J connectivity index is 2.89. The molecular formula is C11H14Cl2O. The molecule has 0 spiro atoms. The summed E-state index contributed by atoms with van der Waals surface area (Å²) in [6.07, 6.45) is 0.168. The van der Waals surface area contributed by atoms with E-state index in [2.05, 4.69) is 13.8 Å². The summed E-state index contributed by atoms with van der Waals surface area (Å²) < 4.78 is 0. The minimum atomic E-state index is -0.527. The lowest BCUT2D eigenvalue weighted by Gasteiger charge is -2.15. The first-order chi connectivity index (χ1) is 6.52. The standard InChI is InChI=1S/C11H14Cl2O/c1-7(2)6-10(14)8-4-3-5-9(12)11(8)13/h3-5,7,10,14H,6H2,1-2H3. The third-order valence-electron chi connectivity index (χ3n) is 2.04. The van der Waals surface area contributed by atoms with Gasteiger partial charge < -0.3 is 5.11 Å². The van der Waals surface area contributed by atoms with Crippen molar-refractivity contribution in [3.8, 4) is 0 Å². The topological polar surface area (TPSA) is 20.2 Å². The van der Waals surface area contributed by atoms with Gasteiger partial charge in [-0.3, -0.25) is 0 Å². The van der Waals surface area contributed by atoms with Gasteiger partial charge in [0.1, 0.15) is 0 Å². The second-order valence-corrected chi connectivity index (χ2v) is 4.57. The molecule has 1 unspecified atom stereocenters. The van der Waals surface area contributed by atoms with Gasteiger partial charge in [0.2, 0.25) is 0 Å². The molecule has 1 aromatic rings. The largest absolute Gasteiger partial charge is 0.388 e. The molecule has 1 aromatic carbocycles. The summed E-state index contributed by atoms with van der Waals surface area (Å²) in [5, 5.41) is 10.8. The molecule has 1 N–H and O–H groups in total. The Kier molecular flexibility index (Phi) is 4.24. The first kappa shape index (κ1) is 11.8. The van der Waals surface area contributed by atoms with Crippen LogP contribution in [0.25, 0.3) is 0 Å². The Labute approximate surface area is 94.7 Å². The molecule has 3 heteroatoms. The predicted molar refractivity (Wildman–Crippen MR) is 60.9 cm³/mol. The summed E-state index contributed by atoms with van der Waals surface area (Å²) in [6, 6.07) is 5.32. The van der Waals surface area contributed by atoms with Gasteiger partial charge >= 0.3 is 0 Å². The molecule has 0 saturated heterocycles. The lowest BCUT2D eigenvalue weighted by atomic mass is 10.00. The summed E-state index contributed by atoms with van der Waals surface area (Å²) >= 11 is 11.8. The van der Waals surface area contributed by atoms with Crippen LogP contribution in [0.5, 0.6) is 0 Å². The number of benzene rings is 1. The number of aliphatic hydroxyl groups excluding tert-OH is 1. The van der Waals surface area contributed by atoms with E-state index in [0.717, 1.165) is 0 Å². The molecule has 0 amide bonds. The van der Waals surface area contributed by atoms with E-state index in [-0.39, 0.29) is 0 Å². The van der Waals surface area contributed by atoms with Crippen molar-refractivity contribution in [3.05, 3.63) is 33.8 Å². The molecule has 1 nitrogen and oxygen atoms in total. The quantitative estimate of drug-likeness (QED) is 0.834. The van der Waals surface area contributed by atoms with E-state index in [1.807, 2.05) is 0 Å². The Hall–Kier alpha value is -0.240. The van der Waals surface area contributed by atoms with Crippen LogP contribution in [-0.4, -0.2) is 5.11 Å². The molecule has 0 bridgehead atoms. The van der Waals surface area contributed by atoms with Crippen molar-refractivity contribution >= 4 is 23.2 Å². The van der Waals surface area contributed by atoms with Crippen LogP contribution < -0.4 is 0 Å². The molecule has 0 fully saturated rings. The fraction of sp³-hybridized carbons (Fsp3) is 0.455. The van der Waals surface area contributed by atoms with Crippen LogP contribution in [-0.2, 0) is 0 Å². The van der Waals surface area contributed by atoms with Gasteiger partial charge in [-0.25, -0.2) is 0 Å². The van der Waals surface area contributed by atoms with E-state index in [4.69, 9.17) is 23.2 Å². The molecule has 0 heterocycles. The maximum absolute atomic E-state index is 9.85. The van der Waals surface area contributed by atoms with Crippen molar-refractivity contribution in [2.24, 2.45) is 5.92 Å². The van der Waals surface area contributed by atoms with Crippen LogP contribution >= 0.6 is 23.2 Å².